The number of aliphatic imine (C=N–C) groups is 1. The van der Waals surface area contributed by atoms with Gasteiger partial charge < -0.3 is 9.47 Å². The first-order valence-corrected chi connectivity index (χ1v) is 11.3. The molecule has 0 saturated heterocycles. The zero-order valence-electron chi connectivity index (χ0n) is 16.2. The van der Waals surface area contributed by atoms with Crippen LogP contribution in [0, 0.1) is 0 Å². The zero-order valence-corrected chi connectivity index (χ0v) is 18.5. The Hall–Kier alpha value is -1.36. The van der Waals surface area contributed by atoms with Crippen LogP contribution in [0.2, 0.25) is 10.0 Å². The number of halogens is 2. The highest BCUT2D eigenvalue weighted by atomic mass is 35.5. The van der Waals surface area contributed by atoms with Crippen LogP contribution >= 0.6 is 35.0 Å². The van der Waals surface area contributed by atoms with E-state index in [4.69, 9.17) is 32.7 Å². The fourth-order valence-electron chi connectivity index (χ4n) is 2.98. The molecule has 2 aromatic carbocycles. The molecular formula is C22H25Cl2NO2S. The lowest BCUT2D eigenvalue weighted by Gasteiger charge is -2.29. The Kier molecular flexibility index (Phi) is 7.55. The molecule has 6 heteroatoms. The highest BCUT2D eigenvalue weighted by Crippen LogP contribution is 2.37. The number of ether oxygens (including phenoxy) is 2. The normalized spacial score (nSPS) is 14.4. The van der Waals surface area contributed by atoms with Crippen molar-refractivity contribution in [2.75, 3.05) is 12.4 Å². The molecule has 0 fully saturated rings. The zero-order chi connectivity index (χ0) is 20.0. The number of benzene rings is 2. The summed E-state index contributed by atoms with van der Waals surface area (Å²) in [5, 5.41) is 1.22. The summed E-state index contributed by atoms with van der Waals surface area (Å²) < 4.78 is 11.5. The van der Waals surface area contributed by atoms with Crippen molar-refractivity contribution in [3.63, 3.8) is 0 Å². The average Bonchev–Trinajstić information content (AvgIpc) is 2.67. The van der Waals surface area contributed by atoms with E-state index in [9.17, 15) is 0 Å². The molecule has 3 nitrogen and oxygen atoms in total. The Labute approximate surface area is 181 Å². The van der Waals surface area contributed by atoms with Crippen molar-refractivity contribution in [3.05, 3.63) is 52.0 Å². The number of fused-ring (bicyclic) bond motifs is 1. The molecular weight excluding hydrogens is 413 g/mol. The van der Waals surface area contributed by atoms with Crippen LogP contribution in [0.5, 0.6) is 5.75 Å². The largest absolute Gasteiger partial charge is 0.494 e. The van der Waals surface area contributed by atoms with Gasteiger partial charge in [-0.1, -0.05) is 36.0 Å². The Morgan fingerprint density at radius 1 is 1.00 bits per heavy atom. The molecule has 0 radical (unpaired) electrons. The SMILES string of the molecule is CC1(C)OC=Nc2ccc(OCCCCCCSc3ccc(Cl)c(Cl)c3)cc21. The molecule has 0 unspecified atom stereocenters. The third-order valence-corrected chi connectivity index (χ3v) is 6.44. The smallest absolute Gasteiger partial charge is 0.175 e. The quantitative estimate of drug-likeness (QED) is 0.298. The van der Waals surface area contributed by atoms with Gasteiger partial charge in [-0.25, -0.2) is 4.99 Å². The van der Waals surface area contributed by atoms with Crippen LogP contribution in [-0.2, 0) is 10.3 Å². The maximum atomic E-state index is 6.04. The van der Waals surface area contributed by atoms with E-state index in [0.29, 0.717) is 10.0 Å². The Bertz CT molecular complexity index is 839. The van der Waals surface area contributed by atoms with Crippen molar-refractivity contribution in [1.82, 2.24) is 0 Å². The number of rotatable bonds is 9. The van der Waals surface area contributed by atoms with Crippen LogP contribution in [-0.4, -0.2) is 18.8 Å². The molecule has 0 bridgehead atoms. The number of thioether (sulfide) groups is 1. The van der Waals surface area contributed by atoms with Crippen molar-refractivity contribution >= 4 is 47.1 Å². The van der Waals surface area contributed by atoms with E-state index < -0.39 is 0 Å². The first kappa shape index (κ1) is 21.4. The van der Waals surface area contributed by atoms with Gasteiger partial charge in [-0.15, -0.1) is 11.8 Å². The lowest BCUT2D eigenvalue weighted by atomic mass is 9.95. The van der Waals surface area contributed by atoms with E-state index in [0.717, 1.165) is 42.2 Å². The maximum Gasteiger partial charge on any atom is 0.175 e. The van der Waals surface area contributed by atoms with Gasteiger partial charge in [0.2, 0.25) is 0 Å². The summed E-state index contributed by atoms with van der Waals surface area (Å²) in [6.07, 6.45) is 6.09. The molecule has 0 N–H and O–H groups in total. The minimum atomic E-state index is -0.373. The van der Waals surface area contributed by atoms with Gasteiger partial charge in [-0.2, -0.15) is 0 Å². The van der Waals surface area contributed by atoms with E-state index >= 15 is 0 Å². The van der Waals surface area contributed by atoms with E-state index in [1.54, 1.807) is 0 Å². The van der Waals surface area contributed by atoms with Crippen LogP contribution in [0.25, 0.3) is 0 Å². The molecule has 3 rings (SSSR count). The second-order valence-electron chi connectivity index (χ2n) is 7.23. The van der Waals surface area contributed by atoms with Gasteiger partial charge in [0.25, 0.3) is 0 Å². The first-order chi connectivity index (χ1) is 13.5. The van der Waals surface area contributed by atoms with Crippen LogP contribution in [0.15, 0.2) is 46.3 Å². The summed E-state index contributed by atoms with van der Waals surface area (Å²) in [6, 6.07) is 11.8. The predicted molar refractivity (Wildman–Crippen MR) is 120 cm³/mol. The minimum absolute atomic E-state index is 0.373. The van der Waals surface area contributed by atoms with Gasteiger partial charge in [0.15, 0.2) is 6.40 Å². The van der Waals surface area contributed by atoms with Gasteiger partial charge in [0, 0.05) is 10.5 Å². The number of hydrogen-bond acceptors (Lipinski definition) is 4. The number of nitrogens with zero attached hydrogens (tertiary/aromatic N) is 1. The predicted octanol–water partition coefficient (Wildman–Crippen LogP) is 7.65. The van der Waals surface area contributed by atoms with Crippen LogP contribution in [0.3, 0.4) is 0 Å². The molecule has 1 heterocycles. The molecule has 0 spiro atoms. The second kappa shape index (κ2) is 9.91. The van der Waals surface area contributed by atoms with Gasteiger partial charge in [0.05, 0.1) is 22.3 Å². The molecule has 150 valence electrons. The summed E-state index contributed by atoms with van der Waals surface area (Å²) in [5.74, 6) is 1.96. The summed E-state index contributed by atoms with van der Waals surface area (Å²) in [7, 11) is 0. The summed E-state index contributed by atoms with van der Waals surface area (Å²) in [6.45, 7) is 4.80. The fourth-order valence-corrected chi connectivity index (χ4v) is 4.29. The first-order valence-electron chi connectivity index (χ1n) is 9.51. The van der Waals surface area contributed by atoms with Crippen molar-refractivity contribution in [3.8, 4) is 5.75 Å². The van der Waals surface area contributed by atoms with Gasteiger partial charge in [0.1, 0.15) is 11.4 Å². The molecule has 2 aromatic rings. The summed E-state index contributed by atoms with van der Waals surface area (Å²) in [4.78, 5) is 5.45. The monoisotopic (exact) mass is 437 g/mol. The summed E-state index contributed by atoms with van der Waals surface area (Å²) >= 11 is 13.8. The van der Waals surface area contributed by atoms with Gasteiger partial charge >= 0.3 is 0 Å². The standard InChI is InChI=1S/C22H25Cl2NO2S/c1-22(2)18-13-16(7-10-21(18)25-15-27-22)26-11-5-3-4-6-12-28-17-8-9-19(23)20(24)14-17/h7-10,13-15H,3-6,11-12H2,1-2H3. The molecule has 0 aromatic heterocycles. The third-order valence-electron chi connectivity index (χ3n) is 4.62. The summed E-state index contributed by atoms with van der Waals surface area (Å²) in [5.41, 5.74) is 1.64. The maximum absolute atomic E-state index is 6.04. The lowest BCUT2D eigenvalue weighted by molar-refractivity contribution is 0.0998. The van der Waals surface area contributed by atoms with Crippen LogP contribution in [0.1, 0.15) is 45.1 Å². The topological polar surface area (TPSA) is 30.8 Å². The molecule has 0 atom stereocenters. The average molecular weight is 438 g/mol. The fraction of sp³-hybridized carbons (Fsp3) is 0.409. The molecule has 0 saturated carbocycles. The molecule has 1 aliphatic heterocycles. The third kappa shape index (κ3) is 5.82. The van der Waals surface area contributed by atoms with Crippen molar-refractivity contribution in [1.29, 1.82) is 0 Å². The van der Waals surface area contributed by atoms with Crippen LogP contribution < -0.4 is 4.74 Å². The van der Waals surface area contributed by atoms with Gasteiger partial charge in [-0.05, 0) is 68.8 Å². The van der Waals surface area contributed by atoms with Crippen LogP contribution in [0.4, 0.5) is 5.69 Å². The van der Waals surface area contributed by atoms with Gasteiger partial charge in [-0.3, -0.25) is 0 Å². The number of unbranched alkanes of at least 4 members (excludes halogenated alkanes) is 3. The Morgan fingerprint density at radius 3 is 2.64 bits per heavy atom. The van der Waals surface area contributed by atoms with Crippen molar-refractivity contribution < 1.29 is 9.47 Å². The molecule has 0 aliphatic carbocycles. The highest BCUT2D eigenvalue weighted by molar-refractivity contribution is 7.99. The highest BCUT2D eigenvalue weighted by Gasteiger charge is 2.27. The molecule has 1 aliphatic rings. The van der Waals surface area contributed by atoms with Crippen molar-refractivity contribution in [2.24, 2.45) is 4.99 Å². The number of hydrogen-bond donors (Lipinski definition) is 0. The van der Waals surface area contributed by atoms with E-state index in [-0.39, 0.29) is 5.60 Å². The molecule has 28 heavy (non-hydrogen) atoms. The lowest BCUT2D eigenvalue weighted by Crippen LogP contribution is -2.23. The second-order valence-corrected chi connectivity index (χ2v) is 9.21. The Balaban J connectivity index is 1.32. The van der Waals surface area contributed by atoms with E-state index in [1.807, 2.05) is 62.0 Å². The minimum Gasteiger partial charge on any atom is -0.494 e. The Morgan fingerprint density at radius 2 is 1.82 bits per heavy atom. The molecule has 0 amide bonds. The van der Waals surface area contributed by atoms with Crippen molar-refractivity contribution in [2.45, 2.75) is 50.0 Å². The van der Waals surface area contributed by atoms with E-state index in [1.165, 1.54) is 24.1 Å². The van der Waals surface area contributed by atoms with E-state index in [2.05, 4.69) is 4.99 Å².